The number of rotatable bonds is 5. The Morgan fingerprint density at radius 2 is 1.70 bits per heavy atom. The molecule has 0 bridgehead atoms. The maximum atomic E-state index is 14.0. The summed E-state index contributed by atoms with van der Waals surface area (Å²) in [5.41, 5.74) is 2.06. The Hall–Kier alpha value is -1.44. The molecular formula is C16H18FO2P. The lowest BCUT2D eigenvalue weighted by Crippen LogP contribution is -2.12. The second-order valence-electron chi connectivity index (χ2n) is 4.66. The monoisotopic (exact) mass is 292 g/mol. The van der Waals surface area contributed by atoms with Gasteiger partial charge in [-0.15, -0.1) is 0 Å². The van der Waals surface area contributed by atoms with Gasteiger partial charge in [-0.1, -0.05) is 32.3 Å². The fourth-order valence-electron chi connectivity index (χ4n) is 1.86. The van der Waals surface area contributed by atoms with Crippen LogP contribution in [0.3, 0.4) is 0 Å². The Kier molecular flexibility index (Phi) is 5.11. The molecule has 4 heteroatoms. The summed E-state index contributed by atoms with van der Waals surface area (Å²) in [5.74, 6) is 0.582. The van der Waals surface area contributed by atoms with Crippen LogP contribution in [0.15, 0.2) is 36.4 Å². The first-order valence-electron chi connectivity index (χ1n) is 6.35. The molecule has 0 N–H and O–H groups in total. The van der Waals surface area contributed by atoms with E-state index < -0.39 is 0 Å². The third-order valence-electron chi connectivity index (χ3n) is 2.86. The standard InChI is InChI=1S/C16H18FO2P/c1-11-5-7-15(13(17)8-11)20-16-9-12(2)4-6-14(16)19-10-18-3/h4-9,20H,10H2,1-3H3. The molecule has 2 rings (SSSR count). The van der Waals surface area contributed by atoms with Crippen LogP contribution in [-0.4, -0.2) is 13.9 Å². The van der Waals surface area contributed by atoms with Gasteiger partial charge in [0.15, 0.2) is 6.79 Å². The van der Waals surface area contributed by atoms with Crippen LogP contribution in [0, 0.1) is 19.7 Å². The molecule has 0 aliphatic carbocycles. The molecule has 0 aliphatic rings. The highest BCUT2D eigenvalue weighted by atomic mass is 31.1. The van der Waals surface area contributed by atoms with Gasteiger partial charge in [0.1, 0.15) is 11.6 Å². The minimum absolute atomic E-state index is 0.164. The van der Waals surface area contributed by atoms with Gasteiger partial charge in [-0.3, -0.25) is 0 Å². The zero-order chi connectivity index (χ0) is 14.5. The Labute approximate surface area is 120 Å². The first-order valence-corrected chi connectivity index (χ1v) is 7.35. The van der Waals surface area contributed by atoms with Gasteiger partial charge in [0.2, 0.25) is 0 Å². The number of benzene rings is 2. The molecule has 1 atom stereocenters. The Balaban J connectivity index is 2.29. The molecule has 0 heterocycles. The molecule has 0 aliphatic heterocycles. The summed E-state index contributed by atoms with van der Waals surface area (Å²) in [6.07, 6.45) is 0. The zero-order valence-corrected chi connectivity index (χ0v) is 12.9. The predicted molar refractivity (Wildman–Crippen MR) is 82.4 cm³/mol. The van der Waals surface area contributed by atoms with Crippen molar-refractivity contribution in [1.29, 1.82) is 0 Å². The molecule has 20 heavy (non-hydrogen) atoms. The Morgan fingerprint density at radius 3 is 2.40 bits per heavy atom. The van der Waals surface area contributed by atoms with Crippen molar-refractivity contribution >= 4 is 19.2 Å². The van der Waals surface area contributed by atoms with Crippen molar-refractivity contribution < 1.29 is 13.9 Å². The maximum absolute atomic E-state index is 14.0. The fraction of sp³-hybridized carbons (Fsp3) is 0.250. The molecule has 0 saturated carbocycles. The van der Waals surface area contributed by atoms with E-state index in [1.807, 2.05) is 44.2 Å². The second kappa shape index (κ2) is 6.83. The molecule has 2 aromatic rings. The van der Waals surface area contributed by atoms with E-state index in [2.05, 4.69) is 0 Å². The lowest BCUT2D eigenvalue weighted by atomic mass is 10.2. The van der Waals surface area contributed by atoms with Gasteiger partial charge in [0, 0.05) is 17.7 Å². The first kappa shape index (κ1) is 15.0. The van der Waals surface area contributed by atoms with E-state index in [0.29, 0.717) is 5.30 Å². The number of hydrogen-bond donors (Lipinski definition) is 0. The number of halogens is 1. The van der Waals surface area contributed by atoms with Gasteiger partial charge in [0.25, 0.3) is 0 Å². The van der Waals surface area contributed by atoms with Crippen LogP contribution in [0.1, 0.15) is 11.1 Å². The first-order chi connectivity index (χ1) is 9.60. The molecule has 0 radical (unpaired) electrons. The minimum atomic E-state index is -0.164. The third-order valence-corrected chi connectivity index (χ3v) is 4.20. The van der Waals surface area contributed by atoms with Crippen molar-refractivity contribution in [2.75, 3.05) is 13.9 Å². The molecule has 0 fully saturated rings. The summed E-state index contributed by atoms with van der Waals surface area (Å²) in [6, 6.07) is 11.2. The van der Waals surface area contributed by atoms with Crippen LogP contribution in [0.5, 0.6) is 5.75 Å². The molecule has 1 unspecified atom stereocenters. The van der Waals surface area contributed by atoms with E-state index >= 15 is 0 Å². The average Bonchev–Trinajstić information content (AvgIpc) is 2.41. The lowest BCUT2D eigenvalue weighted by molar-refractivity contribution is 0.0519. The molecule has 0 aromatic heterocycles. The van der Waals surface area contributed by atoms with Crippen molar-refractivity contribution in [3.05, 3.63) is 53.3 Å². The predicted octanol–water partition coefficient (Wildman–Crippen LogP) is 3.05. The van der Waals surface area contributed by atoms with Gasteiger partial charge >= 0.3 is 0 Å². The molecule has 0 amide bonds. The molecule has 0 saturated heterocycles. The largest absolute Gasteiger partial charge is 0.467 e. The summed E-state index contributed by atoms with van der Waals surface area (Å²) in [5, 5.41) is 1.69. The summed E-state index contributed by atoms with van der Waals surface area (Å²) >= 11 is 0. The van der Waals surface area contributed by atoms with Gasteiger partial charge in [0.05, 0.1) is 0 Å². The Morgan fingerprint density at radius 1 is 1.00 bits per heavy atom. The van der Waals surface area contributed by atoms with Crippen molar-refractivity contribution in [3.8, 4) is 5.75 Å². The third kappa shape index (κ3) is 3.78. The summed E-state index contributed by atoms with van der Waals surface area (Å²) in [6.45, 7) is 4.09. The van der Waals surface area contributed by atoms with E-state index in [1.165, 1.54) is 0 Å². The van der Waals surface area contributed by atoms with Crippen molar-refractivity contribution in [1.82, 2.24) is 0 Å². The minimum Gasteiger partial charge on any atom is -0.467 e. The topological polar surface area (TPSA) is 18.5 Å². The van der Waals surface area contributed by atoms with Gasteiger partial charge < -0.3 is 9.47 Å². The highest BCUT2D eigenvalue weighted by molar-refractivity contribution is 7.55. The average molecular weight is 292 g/mol. The molecule has 2 aromatic carbocycles. The van der Waals surface area contributed by atoms with Crippen LogP contribution >= 0.6 is 8.58 Å². The highest BCUT2D eigenvalue weighted by Crippen LogP contribution is 2.22. The van der Waals surface area contributed by atoms with E-state index in [0.717, 1.165) is 22.2 Å². The summed E-state index contributed by atoms with van der Waals surface area (Å²) in [7, 11) is 1.80. The fourth-order valence-corrected chi connectivity index (χ4v) is 3.08. The van der Waals surface area contributed by atoms with Crippen molar-refractivity contribution in [2.24, 2.45) is 0 Å². The van der Waals surface area contributed by atoms with E-state index in [9.17, 15) is 4.39 Å². The number of methoxy groups -OCH3 is 1. The normalized spacial score (nSPS) is 11.2. The molecule has 0 spiro atoms. The van der Waals surface area contributed by atoms with Crippen molar-refractivity contribution in [3.63, 3.8) is 0 Å². The maximum Gasteiger partial charge on any atom is 0.188 e. The molecule has 2 nitrogen and oxygen atoms in total. The van der Waals surface area contributed by atoms with Crippen LogP contribution in [-0.2, 0) is 4.74 Å². The number of aryl methyl sites for hydroxylation is 2. The lowest BCUT2D eigenvalue weighted by Gasteiger charge is -2.12. The van der Waals surface area contributed by atoms with E-state index in [4.69, 9.17) is 9.47 Å². The number of hydrogen-bond acceptors (Lipinski definition) is 2. The number of ether oxygens (including phenoxy) is 2. The van der Waals surface area contributed by atoms with E-state index in [1.54, 1.807) is 13.2 Å². The second-order valence-corrected chi connectivity index (χ2v) is 5.99. The zero-order valence-electron chi connectivity index (χ0n) is 11.9. The van der Waals surface area contributed by atoms with Crippen molar-refractivity contribution in [2.45, 2.75) is 13.8 Å². The Bertz CT molecular complexity index is 599. The van der Waals surface area contributed by atoms with Crippen LogP contribution in [0.2, 0.25) is 0 Å². The quantitative estimate of drug-likeness (QED) is 0.623. The van der Waals surface area contributed by atoms with Gasteiger partial charge in [-0.05, 0) is 37.6 Å². The van der Waals surface area contributed by atoms with Crippen LogP contribution in [0.4, 0.5) is 4.39 Å². The van der Waals surface area contributed by atoms with Gasteiger partial charge in [-0.2, -0.15) is 0 Å². The van der Waals surface area contributed by atoms with Gasteiger partial charge in [-0.25, -0.2) is 4.39 Å². The summed E-state index contributed by atoms with van der Waals surface area (Å²) in [4.78, 5) is 0. The molecule has 106 valence electrons. The smallest absolute Gasteiger partial charge is 0.188 e. The van der Waals surface area contributed by atoms with Crippen LogP contribution in [0.25, 0.3) is 0 Å². The molecular weight excluding hydrogens is 274 g/mol. The SMILES string of the molecule is COCOc1ccc(C)cc1Pc1ccc(C)cc1F. The van der Waals surface area contributed by atoms with Crippen LogP contribution < -0.4 is 15.3 Å². The highest BCUT2D eigenvalue weighted by Gasteiger charge is 2.09. The van der Waals surface area contributed by atoms with E-state index in [-0.39, 0.29) is 21.2 Å². The summed E-state index contributed by atoms with van der Waals surface area (Å²) < 4.78 is 24.4.